The van der Waals surface area contributed by atoms with Crippen LogP contribution in [0.2, 0.25) is 0 Å². The molecule has 2 N–H and O–H groups in total. The fourth-order valence-electron chi connectivity index (χ4n) is 3.84. The first kappa shape index (κ1) is 19.1. The number of amides is 1. The van der Waals surface area contributed by atoms with Crippen LogP contribution in [0.5, 0.6) is 5.88 Å². The van der Waals surface area contributed by atoms with Gasteiger partial charge in [-0.2, -0.15) is 4.98 Å². The maximum absolute atomic E-state index is 12.8. The van der Waals surface area contributed by atoms with Gasteiger partial charge in [0.25, 0.3) is 0 Å². The summed E-state index contributed by atoms with van der Waals surface area (Å²) in [6.45, 7) is 1.65. The third-order valence-electron chi connectivity index (χ3n) is 5.92. The van der Waals surface area contributed by atoms with E-state index in [0.717, 1.165) is 43.3 Å². The lowest BCUT2D eigenvalue weighted by atomic mass is 9.92. The van der Waals surface area contributed by atoms with E-state index in [1.807, 2.05) is 47.0 Å². The van der Waals surface area contributed by atoms with Crippen LogP contribution in [0.4, 0.5) is 5.95 Å². The van der Waals surface area contributed by atoms with Crippen LogP contribution in [0.25, 0.3) is 11.2 Å². The molecule has 0 radical (unpaired) electrons. The van der Waals surface area contributed by atoms with Crippen LogP contribution in [-0.2, 0) is 10.4 Å². The predicted molar refractivity (Wildman–Crippen MR) is 113 cm³/mol. The molecule has 2 aliphatic carbocycles. The summed E-state index contributed by atoms with van der Waals surface area (Å²) in [5.41, 5.74) is 0.914. The number of rotatable bonds is 7. The van der Waals surface area contributed by atoms with Gasteiger partial charge in [0.05, 0.1) is 12.0 Å². The standard InChI is InChI=1S/C23H26N4O3/c1-23(29,15-6-3-2-4-7-15)14-19(28)25-22-24-18-12-13-20(30-17-10-11-17)26-21(18)27(22)16-8-5-9-16/h2-4,6-7,12-13,16-17,29H,5,8-11,14H2,1H3,(H,24,25,28)/t23-/m0/s1. The number of hydrogen-bond acceptors (Lipinski definition) is 5. The quantitative estimate of drug-likeness (QED) is 0.620. The van der Waals surface area contributed by atoms with Crippen LogP contribution < -0.4 is 10.1 Å². The Hall–Kier alpha value is -2.93. The van der Waals surface area contributed by atoms with Crippen molar-refractivity contribution >= 4 is 23.0 Å². The predicted octanol–water partition coefficient (Wildman–Crippen LogP) is 3.93. The first-order valence-corrected chi connectivity index (χ1v) is 10.6. The number of carbonyl (C=O) groups excluding carboxylic acids is 1. The number of nitrogens with one attached hydrogen (secondary N) is 1. The van der Waals surface area contributed by atoms with E-state index in [-0.39, 0.29) is 24.5 Å². The largest absolute Gasteiger partial charge is 0.474 e. The zero-order valence-electron chi connectivity index (χ0n) is 17.0. The van der Waals surface area contributed by atoms with Crippen molar-refractivity contribution in [2.45, 2.75) is 63.2 Å². The van der Waals surface area contributed by atoms with E-state index in [4.69, 9.17) is 4.74 Å². The van der Waals surface area contributed by atoms with E-state index < -0.39 is 5.60 Å². The molecule has 2 aliphatic rings. The third-order valence-corrected chi connectivity index (χ3v) is 5.92. The number of carbonyl (C=O) groups is 1. The summed E-state index contributed by atoms with van der Waals surface area (Å²) >= 11 is 0. The van der Waals surface area contributed by atoms with E-state index in [1.54, 1.807) is 6.92 Å². The Morgan fingerprint density at radius 1 is 1.17 bits per heavy atom. The third kappa shape index (κ3) is 3.77. The molecule has 2 fully saturated rings. The molecule has 2 aromatic heterocycles. The molecule has 2 saturated carbocycles. The van der Waals surface area contributed by atoms with Gasteiger partial charge in [0.15, 0.2) is 5.65 Å². The number of fused-ring (bicyclic) bond motifs is 1. The molecule has 3 aromatic rings. The van der Waals surface area contributed by atoms with Crippen molar-refractivity contribution in [3.63, 3.8) is 0 Å². The van der Waals surface area contributed by atoms with Crippen LogP contribution in [0, 0.1) is 0 Å². The number of aromatic nitrogens is 3. The molecule has 1 atom stereocenters. The smallest absolute Gasteiger partial charge is 0.229 e. The van der Waals surface area contributed by atoms with Crippen molar-refractivity contribution in [2.75, 3.05) is 5.32 Å². The van der Waals surface area contributed by atoms with Crippen molar-refractivity contribution < 1.29 is 14.6 Å². The van der Waals surface area contributed by atoms with Gasteiger partial charge in [-0.15, -0.1) is 0 Å². The lowest BCUT2D eigenvalue weighted by molar-refractivity contribution is -0.120. The monoisotopic (exact) mass is 406 g/mol. The molecule has 2 heterocycles. The molecule has 0 spiro atoms. The Bertz CT molecular complexity index is 1070. The van der Waals surface area contributed by atoms with E-state index in [0.29, 0.717) is 17.4 Å². The molecule has 7 nitrogen and oxygen atoms in total. The van der Waals surface area contributed by atoms with Crippen molar-refractivity contribution in [1.82, 2.24) is 14.5 Å². The van der Waals surface area contributed by atoms with Crippen molar-refractivity contribution in [2.24, 2.45) is 0 Å². The topological polar surface area (TPSA) is 89.3 Å². The molecule has 0 bridgehead atoms. The lowest BCUT2D eigenvalue weighted by Gasteiger charge is -2.29. The average Bonchev–Trinajstić information content (AvgIpc) is 3.43. The molecule has 0 saturated heterocycles. The van der Waals surface area contributed by atoms with E-state index in [1.165, 1.54) is 0 Å². The highest BCUT2D eigenvalue weighted by molar-refractivity contribution is 5.91. The second kappa shape index (κ2) is 7.40. The van der Waals surface area contributed by atoms with Gasteiger partial charge < -0.3 is 9.84 Å². The fraction of sp³-hybridized carbons (Fsp3) is 0.435. The van der Waals surface area contributed by atoms with Gasteiger partial charge in [-0.1, -0.05) is 30.3 Å². The Labute approximate surface area is 175 Å². The summed E-state index contributed by atoms with van der Waals surface area (Å²) < 4.78 is 7.87. The summed E-state index contributed by atoms with van der Waals surface area (Å²) in [6, 6.07) is 13.2. The number of aliphatic hydroxyl groups is 1. The molecule has 30 heavy (non-hydrogen) atoms. The van der Waals surface area contributed by atoms with Crippen molar-refractivity contribution in [1.29, 1.82) is 0 Å². The highest BCUT2D eigenvalue weighted by atomic mass is 16.5. The first-order valence-electron chi connectivity index (χ1n) is 10.6. The molecule has 5 rings (SSSR count). The van der Waals surface area contributed by atoms with Crippen LogP contribution in [0.3, 0.4) is 0 Å². The van der Waals surface area contributed by atoms with Gasteiger partial charge >= 0.3 is 0 Å². The summed E-state index contributed by atoms with van der Waals surface area (Å²) in [7, 11) is 0. The molecule has 7 heteroatoms. The van der Waals surface area contributed by atoms with Gasteiger partial charge in [0.2, 0.25) is 17.7 Å². The zero-order chi connectivity index (χ0) is 20.7. The molecule has 1 amide bonds. The maximum Gasteiger partial charge on any atom is 0.229 e. The number of pyridine rings is 1. The minimum absolute atomic E-state index is 0.0612. The number of benzene rings is 1. The summed E-state index contributed by atoms with van der Waals surface area (Å²) in [5, 5.41) is 13.7. The Morgan fingerprint density at radius 2 is 1.93 bits per heavy atom. The van der Waals surface area contributed by atoms with Crippen molar-refractivity contribution in [3.05, 3.63) is 48.0 Å². The van der Waals surface area contributed by atoms with E-state index in [9.17, 15) is 9.90 Å². The SMILES string of the molecule is C[C@](O)(CC(=O)Nc1nc2ccc(OC3CC3)nc2n1C1CCC1)c1ccccc1. The molecular formula is C23H26N4O3. The zero-order valence-corrected chi connectivity index (χ0v) is 17.0. The first-order chi connectivity index (χ1) is 14.5. The molecule has 156 valence electrons. The second-order valence-corrected chi connectivity index (χ2v) is 8.56. The van der Waals surface area contributed by atoms with Crippen molar-refractivity contribution in [3.8, 4) is 5.88 Å². The lowest BCUT2D eigenvalue weighted by Crippen LogP contribution is -2.30. The maximum atomic E-state index is 12.8. The Morgan fingerprint density at radius 3 is 2.60 bits per heavy atom. The minimum atomic E-state index is -1.26. The summed E-state index contributed by atoms with van der Waals surface area (Å²) in [4.78, 5) is 22.1. The van der Waals surface area contributed by atoms with Gasteiger partial charge in [0, 0.05) is 12.1 Å². The van der Waals surface area contributed by atoms with Crippen LogP contribution >= 0.6 is 0 Å². The number of anilines is 1. The molecule has 0 aliphatic heterocycles. The number of ether oxygens (including phenoxy) is 1. The molecule has 1 aromatic carbocycles. The van der Waals surface area contributed by atoms with Gasteiger partial charge in [-0.25, -0.2) is 4.98 Å². The van der Waals surface area contributed by atoms with Crippen LogP contribution in [0.15, 0.2) is 42.5 Å². The molecule has 0 unspecified atom stereocenters. The van der Waals surface area contributed by atoms with Crippen LogP contribution in [0.1, 0.15) is 57.1 Å². The number of imidazole rings is 1. The van der Waals surface area contributed by atoms with Gasteiger partial charge in [0.1, 0.15) is 11.6 Å². The molecular weight excluding hydrogens is 380 g/mol. The number of nitrogens with zero attached hydrogens (tertiary/aromatic N) is 3. The van der Waals surface area contributed by atoms with Crippen LogP contribution in [-0.4, -0.2) is 31.7 Å². The second-order valence-electron chi connectivity index (χ2n) is 8.56. The average molecular weight is 406 g/mol. The minimum Gasteiger partial charge on any atom is -0.474 e. The van der Waals surface area contributed by atoms with Gasteiger partial charge in [-0.05, 0) is 50.7 Å². The fourth-order valence-corrected chi connectivity index (χ4v) is 3.84. The normalized spacial score (nSPS) is 18.6. The highest BCUT2D eigenvalue weighted by Crippen LogP contribution is 2.37. The Balaban J connectivity index is 1.41. The Kier molecular flexibility index (Phi) is 4.70. The number of hydrogen-bond donors (Lipinski definition) is 2. The summed E-state index contributed by atoms with van der Waals surface area (Å²) in [5.74, 6) is 0.809. The highest BCUT2D eigenvalue weighted by Gasteiger charge is 2.30. The van der Waals surface area contributed by atoms with E-state index >= 15 is 0 Å². The van der Waals surface area contributed by atoms with E-state index in [2.05, 4.69) is 15.3 Å². The summed E-state index contributed by atoms with van der Waals surface area (Å²) in [6.07, 6.45) is 5.58. The van der Waals surface area contributed by atoms with Gasteiger partial charge in [-0.3, -0.25) is 14.7 Å².